The van der Waals surface area contributed by atoms with Gasteiger partial charge in [-0.05, 0) is 12.1 Å². The van der Waals surface area contributed by atoms with Gasteiger partial charge in [0.2, 0.25) is 0 Å². The van der Waals surface area contributed by atoms with E-state index in [1.807, 2.05) is 0 Å². The molecule has 0 atom stereocenters. The number of aromatic carboxylic acids is 1. The minimum Gasteiger partial charge on any atom is -0.506 e. The van der Waals surface area contributed by atoms with Crippen molar-refractivity contribution >= 4 is 11.9 Å². The summed E-state index contributed by atoms with van der Waals surface area (Å²) in [6.07, 6.45) is 0. The predicted octanol–water partition coefficient (Wildman–Crippen LogP) is 2.25. The number of methoxy groups -OCH3 is 1. The van der Waals surface area contributed by atoms with Crippen LogP contribution < -0.4 is 0 Å². The summed E-state index contributed by atoms with van der Waals surface area (Å²) in [5.74, 6) is -2.90. The van der Waals surface area contributed by atoms with Gasteiger partial charge in [-0.25, -0.2) is 9.59 Å². The zero-order chi connectivity index (χ0) is 15.6. The lowest BCUT2D eigenvalue weighted by Crippen LogP contribution is -2.02. The van der Waals surface area contributed by atoms with Gasteiger partial charge in [-0.15, -0.1) is 0 Å². The van der Waals surface area contributed by atoms with Crippen LogP contribution in [0.1, 0.15) is 20.7 Å². The Labute approximate surface area is 119 Å². The Balaban J connectivity index is 2.66. The number of carbonyl (C=O) groups excluding carboxylic acids is 1. The monoisotopic (exact) mass is 288 g/mol. The average Bonchev–Trinajstić information content (AvgIpc) is 2.47. The summed E-state index contributed by atoms with van der Waals surface area (Å²) in [6, 6.07) is 8.43. The van der Waals surface area contributed by atoms with E-state index >= 15 is 0 Å². The molecule has 0 aliphatic rings. The van der Waals surface area contributed by atoms with Crippen molar-refractivity contribution in [3.8, 4) is 22.6 Å². The second kappa shape index (κ2) is 5.54. The third kappa shape index (κ3) is 2.51. The van der Waals surface area contributed by atoms with Crippen LogP contribution in [0.15, 0.2) is 36.4 Å². The molecule has 6 nitrogen and oxygen atoms in total. The Morgan fingerprint density at radius 3 is 1.86 bits per heavy atom. The Kier molecular flexibility index (Phi) is 3.80. The molecule has 108 valence electrons. The maximum atomic E-state index is 11.5. The smallest absolute Gasteiger partial charge is 0.341 e. The molecule has 6 heteroatoms. The van der Waals surface area contributed by atoms with Gasteiger partial charge < -0.3 is 20.1 Å². The summed E-state index contributed by atoms with van der Waals surface area (Å²) in [5, 5.41) is 29.1. The van der Waals surface area contributed by atoms with Crippen LogP contribution in [0, 0.1) is 0 Å². The molecule has 0 bridgehead atoms. The number of para-hydroxylation sites is 2. The van der Waals surface area contributed by atoms with Gasteiger partial charge in [0, 0.05) is 11.1 Å². The average molecular weight is 288 g/mol. The first kappa shape index (κ1) is 14.4. The quantitative estimate of drug-likeness (QED) is 0.748. The van der Waals surface area contributed by atoms with Crippen molar-refractivity contribution < 1.29 is 29.6 Å². The predicted molar refractivity (Wildman–Crippen MR) is 73.5 cm³/mol. The molecule has 21 heavy (non-hydrogen) atoms. The van der Waals surface area contributed by atoms with Crippen LogP contribution in [0.3, 0.4) is 0 Å². The molecule has 0 radical (unpaired) electrons. The van der Waals surface area contributed by atoms with Gasteiger partial charge in [0.25, 0.3) is 0 Å². The molecule has 0 saturated carbocycles. The molecule has 2 rings (SSSR count). The number of aromatic hydroxyl groups is 2. The van der Waals surface area contributed by atoms with E-state index in [0.29, 0.717) is 0 Å². The van der Waals surface area contributed by atoms with Gasteiger partial charge >= 0.3 is 11.9 Å². The normalized spacial score (nSPS) is 10.1. The molecule has 0 heterocycles. The van der Waals surface area contributed by atoms with Crippen molar-refractivity contribution in [3.63, 3.8) is 0 Å². The topological polar surface area (TPSA) is 104 Å². The van der Waals surface area contributed by atoms with E-state index in [4.69, 9.17) is 5.11 Å². The van der Waals surface area contributed by atoms with Gasteiger partial charge in [-0.2, -0.15) is 0 Å². The second-order valence-electron chi connectivity index (χ2n) is 4.20. The van der Waals surface area contributed by atoms with Crippen molar-refractivity contribution in [2.75, 3.05) is 7.11 Å². The third-order valence-corrected chi connectivity index (χ3v) is 3.00. The summed E-state index contributed by atoms with van der Waals surface area (Å²) in [4.78, 5) is 22.6. The number of carboxylic acids is 1. The fraction of sp³-hybridized carbons (Fsp3) is 0.0667. The number of hydrogen-bond acceptors (Lipinski definition) is 5. The Morgan fingerprint density at radius 1 is 0.905 bits per heavy atom. The number of rotatable bonds is 3. The first-order chi connectivity index (χ1) is 9.97. The van der Waals surface area contributed by atoms with Crippen LogP contribution >= 0.6 is 0 Å². The molecule has 0 aromatic heterocycles. The van der Waals surface area contributed by atoms with Crippen LogP contribution in [-0.4, -0.2) is 34.4 Å². The summed E-state index contributed by atoms with van der Waals surface area (Å²) >= 11 is 0. The molecule has 0 amide bonds. The number of benzene rings is 2. The highest BCUT2D eigenvalue weighted by molar-refractivity contribution is 5.98. The summed E-state index contributed by atoms with van der Waals surface area (Å²) in [5.41, 5.74) is -0.123. The lowest BCUT2D eigenvalue weighted by atomic mass is 9.98. The van der Waals surface area contributed by atoms with Crippen molar-refractivity contribution in [2.24, 2.45) is 0 Å². The molecular weight excluding hydrogens is 276 g/mol. The van der Waals surface area contributed by atoms with Crippen molar-refractivity contribution in [3.05, 3.63) is 47.5 Å². The van der Waals surface area contributed by atoms with Crippen LogP contribution in [0.25, 0.3) is 11.1 Å². The molecule has 0 unspecified atom stereocenters. The van der Waals surface area contributed by atoms with Crippen LogP contribution in [0.2, 0.25) is 0 Å². The second-order valence-corrected chi connectivity index (χ2v) is 4.20. The fourth-order valence-corrected chi connectivity index (χ4v) is 1.97. The summed E-state index contributed by atoms with van der Waals surface area (Å²) < 4.78 is 4.54. The van der Waals surface area contributed by atoms with Crippen molar-refractivity contribution in [2.45, 2.75) is 0 Å². The number of phenolic OH excluding ortho intramolecular Hbond substituents is 1. The first-order valence-corrected chi connectivity index (χ1v) is 5.93. The SMILES string of the molecule is COC(=O)c1cccc(-c2cccc(C(=O)O)c2O)c1O. The van der Waals surface area contributed by atoms with Gasteiger partial charge in [-0.3, -0.25) is 0 Å². The molecule has 0 aliphatic heterocycles. The van der Waals surface area contributed by atoms with Gasteiger partial charge in [-0.1, -0.05) is 24.3 Å². The molecule has 0 fully saturated rings. The molecule has 0 spiro atoms. The maximum Gasteiger partial charge on any atom is 0.341 e. The third-order valence-electron chi connectivity index (χ3n) is 3.00. The maximum absolute atomic E-state index is 11.5. The van der Waals surface area contributed by atoms with Crippen LogP contribution in [0.4, 0.5) is 0 Å². The van der Waals surface area contributed by atoms with E-state index in [9.17, 15) is 19.8 Å². The summed E-state index contributed by atoms with van der Waals surface area (Å²) in [6.45, 7) is 0. The molecule has 3 N–H and O–H groups in total. The summed E-state index contributed by atoms with van der Waals surface area (Å²) in [7, 11) is 1.18. The largest absolute Gasteiger partial charge is 0.506 e. The molecule has 2 aromatic rings. The molecule has 0 saturated heterocycles. The number of phenols is 2. The molecule has 0 aliphatic carbocycles. The number of hydrogen-bond donors (Lipinski definition) is 3. The van der Waals surface area contributed by atoms with Gasteiger partial charge in [0.15, 0.2) is 0 Å². The first-order valence-electron chi connectivity index (χ1n) is 5.93. The minimum absolute atomic E-state index is 0.0740. The highest BCUT2D eigenvalue weighted by atomic mass is 16.5. The number of ether oxygens (including phenoxy) is 1. The Bertz CT molecular complexity index is 720. The van der Waals surface area contributed by atoms with E-state index in [1.165, 1.54) is 43.5 Å². The zero-order valence-electron chi connectivity index (χ0n) is 11.0. The molecule has 2 aromatic carbocycles. The molecular formula is C15H12O6. The Hall–Kier alpha value is -3.02. The highest BCUT2D eigenvalue weighted by Gasteiger charge is 2.20. The van der Waals surface area contributed by atoms with Crippen molar-refractivity contribution in [1.29, 1.82) is 0 Å². The van der Waals surface area contributed by atoms with E-state index < -0.39 is 17.7 Å². The van der Waals surface area contributed by atoms with Crippen molar-refractivity contribution in [1.82, 2.24) is 0 Å². The van der Waals surface area contributed by atoms with E-state index in [1.54, 1.807) is 0 Å². The van der Waals surface area contributed by atoms with E-state index in [0.717, 1.165) is 0 Å². The zero-order valence-corrected chi connectivity index (χ0v) is 11.0. The van der Waals surface area contributed by atoms with E-state index in [-0.39, 0.29) is 28.0 Å². The fourth-order valence-electron chi connectivity index (χ4n) is 1.97. The number of carboxylic acid groups (broad SMARTS) is 1. The van der Waals surface area contributed by atoms with Gasteiger partial charge in [0.1, 0.15) is 22.6 Å². The lowest BCUT2D eigenvalue weighted by Gasteiger charge is -2.11. The van der Waals surface area contributed by atoms with Crippen LogP contribution in [0.5, 0.6) is 11.5 Å². The van der Waals surface area contributed by atoms with Crippen LogP contribution in [-0.2, 0) is 4.74 Å². The highest BCUT2D eigenvalue weighted by Crippen LogP contribution is 2.38. The Morgan fingerprint density at radius 2 is 1.38 bits per heavy atom. The number of esters is 1. The standard InChI is InChI=1S/C15H12O6/c1-21-15(20)11-7-3-5-9(13(11)17)8-4-2-6-10(12(8)16)14(18)19/h2-7,16-17H,1H3,(H,18,19). The van der Waals surface area contributed by atoms with E-state index in [2.05, 4.69) is 4.74 Å². The number of carbonyl (C=O) groups is 2. The lowest BCUT2D eigenvalue weighted by molar-refractivity contribution is 0.0596. The van der Waals surface area contributed by atoms with Gasteiger partial charge in [0.05, 0.1) is 7.11 Å². The minimum atomic E-state index is -1.29.